The molecular weight excluding hydrogens is 214 g/mol. The van der Waals surface area contributed by atoms with Crippen molar-refractivity contribution < 1.29 is 4.79 Å². The summed E-state index contributed by atoms with van der Waals surface area (Å²) in [5.41, 5.74) is 13.8. The van der Waals surface area contributed by atoms with Crippen LogP contribution in [0.2, 0.25) is 0 Å². The van der Waals surface area contributed by atoms with Gasteiger partial charge in [0.05, 0.1) is 0 Å². The predicted molar refractivity (Wildman–Crippen MR) is 67.5 cm³/mol. The smallest absolute Gasteiger partial charge is 0.169 e. The van der Waals surface area contributed by atoms with Crippen molar-refractivity contribution in [2.24, 2.45) is 0 Å². The van der Waals surface area contributed by atoms with E-state index in [-0.39, 0.29) is 12.2 Å². The molecule has 1 heterocycles. The highest BCUT2D eigenvalue weighted by Crippen LogP contribution is 2.16. The van der Waals surface area contributed by atoms with E-state index in [9.17, 15) is 4.79 Å². The van der Waals surface area contributed by atoms with Gasteiger partial charge in [-0.25, -0.2) is 0 Å². The third kappa shape index (κ3) is 2.42. The third-order valence-corrected chi connectivity index (χ3v) is 2.55. The highest BCUT2D eigenvalue weighted by Gasteiger charge is 2.11. The quantitative estimate of drug-likeness (QED) is 0.617. The second kappa shape index (κ2) is 4.65. The Morgan fingerprint density at radius 1 is 1.12 bits per heavy atom. The van der Waals surface area contributed by atoms with Crippen LogP contribution in [0.5, 0.6) is 0 Å². The fourth-order valence-electron chi connectivity index (χ4n) is 1.60. The Bertz CT molecular complexity index is 552. The van der Waals surface area contributed by atoms with Crippen LogP contribution < -0.4 is 11.5 Å². The summed E-state index contributed by atoms with van der Waals surface area (Å²) in [4.78, 5) is 16.0. The lowest BCUT2D eigenvalue weighted by Crippen LogP contribution is -2.08. The number of aromatic nitrogens is 1. The number of anilines is 2. The van der Waals surface area contributed by atoms with Gasteiger partial charge in [-0.05, 0) is 18.2 Å². The fraction of sp³-hybridized carbons (Fsp3) is 0.0769. The van der Waals surface area contributed by atoms with Crippen LogP contribution in [0.25, 0.3) is 0 Å². The number of para-hydroxylation sites is 1. The van der Waals surface area contributed by atoms with Gasteiger partial charge in [0.2, 0.25) is 0 Å². The molecule has 0 radical (unpaired) electrons. The maximum Gasteiger partial charge on any atom is 0.169 e. The lowest BCUT2D eigenvalue weighted by atomic mass is 10.0. The zero-order valence-corrected chi connectivity index (χ0v) is 9.26. The minimum absolute atomic E-state index is 0.0530. The van der Waals surface area contributed by atoms with Gasteiger partial charge in [-0.2, -0.15) is 0 Å². The topological polar surface area (TPSA) is 82.0 Å². The summed E-state index contributed by atoms with van der Waals surface area (Å²) in [5, 5.41) is 0. The van der Waals surface area contributed by atoms with Crippen molar-refractivity contribution in [1.82, 2.24) is 4.98 Å². The number of nitrogens with two attached hydrogens (primary N) is 2. The van der Waals surface area contributed by atoms with E-state index in [1.165, 1.54) is 0 Å². The van der Waals surface area contributed by atoms with Crippen LogP contribution in [-0.2, 0) is 6.42 Å². The SMILES string of the molecule is Nc1ccncc1CC(=O)c1ccccc1N. The molecule has 0 aliphatic rings. The van der Waals surface area contributed by atoms with E-state index in [1.807, 2.05) is 0 Å². The maximum absolute atomic E-state index is 12.0. The summed E-state index contributed by atoms with van der Waals surface area (Å²) < 4.78 is 0. The molecule has 4 nitrogen and oxygen atoms in total. The molecule has 0 bridgehead atoms. The lowest BCUT2D eigenvalue weighted by molar-refractivity contribution is 0.0994. The van der Waals surface area contributed by atoms with E-state index < -0.39 is 0 Å². The van der Waals surface area contributed by atoms with Crippen molar-refractivity contribution in [2.45, 2.75) is 6.42 Å². The minimum atomic E-state index is -0.0530. The Morgan fingerprint density at radius 2 is 1.88 bits per heavy atom. The van der Waals surface area contributed by atoms with E-state index in [2.05, 4.69) is 4.98 Å². The highest BCUT2D eigenvalue weighted by molar-refractivity contribution is 6.02. The average Bonchev–Trinajstić information content (AvgIpc) is 2.32. The number of Topliss-reactive ketones (excluding diaryl/α,β-unsaturated/α-hetero) is 1. The first-order valence-electron chi connectivity index (χ1n) is 5.24. The molecule has 0 aliphatic carbocycles. The average molecular weight is 227 g/mol. The third-order valence-electron chi connectivity index (χ3n) is 2.55. The molecule has 4 heteroatoms. The molecular formula is C13H13N3O. The number of hydrogen-bond acceptors (Lipinski definition) is 4. The van der Waals surface area contributed by atoms with Crippen molar-refractivity contribution in [1.29, 1.82) is 0 Å². The number of rotatable bonds is 3. The predicted octanol–water partition coefficient (Wildman–Crippen LogP) is 1.67. The van der Waals surface area contributed by atoms with Gasteiger partial charge in [0.25, 0.3) is 0 Å². The van der Waals surface area contributed by atoms with Gasteiger partial charge in [-0.1, -0.05) is 12.1 Å². The molecule has 0 aliphatic heterocycles. The molecule has 1 aromatic carbocycles. The fourth-order valence-corrected chi connectivity index (χ4v) is 1.60. The van der Waals surface area contributed by atoms with E-state index in [0.717, 1.165) is 5.56 Å². The van der Waals surface area contributed by atoms with Crippen LogP contribution in [0.4, 0.5) is 11.4 Å². The van der Waals surface area contributed by atoms with E-state index >= 15 is 0 Å². The first kappa shape index (κ1) is 11.1. The monoisotopic (exact) mass is 227 g/mol. The number of carbonyl (C=O) groups excluding carboxylic acids is 1. The van der Waals surface area contributed by atoms with Crippen molar-refractivity contribution in [3.8, 4) is 0 Å². The summed E-state index contributed by atoms with van der Waals surface area (Å²) in [6.45, 7) is 0. The van der Waals surface area contributed by atoms with Gasteiger partial charge in [0.1, 0.15) is 0 Å². The van der Waals surface area contributed by atoms with Crippen LogP contribution in [-0.4, -0.2) is 10.8 Å². The van der Waals surface area contributed by atoms with Gasteiger partial charge in [0, 0.05) is 41.3 Å². The van der Waals surface area contributed by atoms with Crippen LogP contribution in [0.1, 0.15) is 15.9 Å². The van der Waals surface area contributed by atoms with Crippen molar-refractivity contribution in [3.63, 3.8) is 0 Å². The van der Waals surface area contributed by atoms with Gasteiger partial charge >= 0.3 is 0 Å². The number of pyridine rings is 1. The molecule has 2 aromatic rings. The van der Waals surface area contributed by atoms with Crippen LogP contribution in [0, 0.1) is 0 Å². The first-order valence-corrected chi connectivity index (χ1v) is 5.24. The van der Waals surface area contributed by atoms with Gasteiger partial charge in [-0.15, -0.1) is 0 Å². The molecule has 4 N–H and O–H groups in total. The van der Waals surface area contributed by atoms with E-state index in [4.69, 9.17) is 11.5 Å². The van der Waals surface area contributed by atoms with Crippen LogP contribution in [0.3, 0.4) is 0 Å². The molecule has 0 saturated heterocycles. The van der Waals surface area contributed by atoms with Crippen molar-refractivity contribution >= 4 is 17.2 Å². The summed E-state index contributed by atoms with van der Waals surface area (Å²) in [7, 11) is 0. The summed E-state index contributed by atoms with van der Waals surface area (Å²) in [6.07, 6.45) is 3.42. The Labute approximate surface area is 99.3 Å². The molecule has 17 heavy (non-hydrogen) atoms. The first-order chi connectivity index (χ1) is 8.18. The summed E-state index contributed by atoms with van der Waals surface area (Å²) >= 11 is 0. The van der Waals surface area contributed by atoms with E-state index in [1.54, 1.807) is 42.7 Å². The number of benzene rings is 1. The number of carbonyl (C=O) groups is 1. The number of nitrogen functional groups attached to an aromatic ring is 2. The van der Waals surface area contributed by atoms with Crippen molar-refractivity contribution in [2.75, 3.05) is 11.5 Å². The zero-order chi connectivity index (χ0) is 12.3. The Balaban J connectivity index is 2.24. The Morgan fingerprint density at radius 3 is 2.59 bits per heavy atom. The highest BCUT2D eigenvalue weighted by atomic mass is 16.1. The second-order valence-electron chi connectivity index (χ2n) is 3.76. The molecule has 0 fully saturated rings. The normalized spacial score (nSPS) is 10.1. The number of nitrogens with zero attached hydrogens (tertiary/aromatic N) is 1. The van der Waals surface area contributed by atoms with Crippen molar-refractivity contribution in [3.05, 3.63) is 53.9 Å². The molecule has 1 aromatic heterocycles. The maximum atomic E-state index is 12.0. The number of hydrogen-bond donors (Lipinski definition) is 2. The van der Waals surface area contributed by atoms with Gasteiger partial charge < -0.3 is 11.5 Å². The standard InChI is InChI=1S/C13H13N3O/c14-11-5-6-16-8-9(11)7-13(17)10-3-1-2-4-12(10)15/h1-6,8H,7,15H2,(H2,14,16). The lowest BCUT2D eigenvalue weighted by Gasteiger charge is -2.06. The molecule has 0 saturated carbocycles. The molecule has 86 valence electrons. The van der Waals surface area contributed by atoms with Gasteiger partial charge in [0.15, 0.2) is 5.78 Å². The molecule has 0 amide bonds. The second-order valence-corrected chi connectivity index (χ2v) is 3.76. The van der Waals surface area contributed by atoms with Gasteiger partial charge in [-0.3, -0.25) is 9.78 Å². The number of ketones is 1. The largest absolute Gasteiger partial charge is 0.398 e. The Kier molecular flexibility index (Phi) is 3.05. The molecule has 0 unspecified atom stereocenters. The minimum Gasteiger partial charge on any atom is -0.398 e. The summed E-state index contributed by atoms with van der Waals surface area (Å²) in [6, 6.07) is 8.68. The Hall–Kier alpha value is -2.36. The molecule has 2 rings (SSSR count). The van der Waals surface area contributed by atoms with Crippen LogP contribution >= 0.6 is 0 Å². The molecule has 0 spiro atoms. The van der Waals surface area contributed by atoms with E-state index in [0.29, 0.717) is 16.9 Å². The van der Waals surface area contributed by atoms with Crippen LogP contribution in [0.15, 0.2) is 42.7 Å². The molecule has 0 atom stereocenters. The zero-order valence-electron chi connectivity index (χ0n) is 9.26. The summed E-state index contributed by atoms with van der Waals surface area (Å²) in [5.74, 6) is -0.0530.